The van der Waals surface area contributed by atoms with Crippen molar-refractivity contribution >= 4 is 69.4 Å². The number of hydrogen-bond donors (Lipinski definition) is 5. The number of nitrogens with zero attached hydrogens (tertiary/aromatic N) is 5. The highest BCUT2D eigenvalue weighted by Crippen LogP contribution is 2.41. The maximum absolute atomic E-state index is 13.1. The molecule has 2 atom stereocenters. The van der Waals surface area contributed by atoms with Crippen LogP contribution in [0, 0.1) is 0 Å². The van der Waals surface area contributed by atoms with Crippen LogP contribution in [0.4, 0.5) is 5.13 Å². The highest BCUT2D eigenvalue weighted by molar-refractivity contribution is 8.01. The number of phenols is 2. The molecule has 45 heavy (non-hydrogen) atoms. The maximum Gasteiger partial charge on any atom is 0.352 e. The van der Waals surface area contributed by atoms with Gasteiger partial charge in [0.1, 0.15) is 29.9 Å². The summed E-state index contributed by atoms with van der Waals surface area (Å²) >= 11 is 3.80. The van der Waals surface area contributed by atoms with Crippen LogP contribution in [-0.4, -0.2) is 91.7 Å². The fourth-order valence-electron chi connectivity index (χ4n) is 4.52. The number of carboxylic acids is 1. The SMILES string of the molecule is CO/N=C(\C(=O)N[C@@H]1C(=O)N2C(C(=O)O)=C(CSc3cc[n+](N(C)C(=O)c4ccc(O)c(O)c4)cc3)CS[C@H]12)c1csc(N)n1. The Morgan fingerprint density at radius 3 is 2.60 bits per heavy atom. The zero-order valence-corrected chi connectivity index (χ0v) is 26.1. The van der Waals surface area contributed by atoms with Crippen molar-refractivity contribution in [2.45, 2.75) is 16.3 Å². The van der Waals surface area contributed by atoms with Crippen LogP contribution in [0.5, 0.6) is 11.5 Å². The summed E-state index contributed by atoms with van der Waals surface area (Å²) in [5.74, 6) is -3.09. The highest BCUT2D eigenvalue weighted by Gasteiger charge is 2.54. The number of carbonyl (C=O) groups is 4. The van der Waals surface area contributed by atoms with Gasteiger partial charge in [-0.1, -0.05) is 9.83 Å². The van der Waals surface area contributed by atoms with Crippen molar-refractivity contribution in [1.82, 2.24) is 15.2 Å². The lowest BCUT2D eigenvalue weighted by molar-refractivity contribution is -0.679. The highest BCUT2D eigenvalue weighted by atomic mass is 32.2. The lowest BCUT2D eigenvalue weighted by Crippen LogP contribution is -2.71. The third-order valence-electron chi connectivity index (χ3n) is 6.76. The zero-order chi connectivity index (χ0) is 32.4. The number of pyridine rings is 1. The molecule has 1 aromatic carbocycles. The number of aromatic hydroxyl groups is 2. The molecule has 6 N–H and O–H groups in total. The molecule has 1 saturated heterocycles. The topological polar surface area (TPSA) is 212 Å². The molecule has 18 heteroatoms. The fraction of sp³-hybridized carbons (Fsp3) is 0.222. The number of hydrogen-bond acceptors (Lipinski definition) is 13. The summed E-state index contributed by atoms with van der Waals surface area (Å²) in [7, 11) is 2.80. The molecule has 1 fully saturated rings. The maximum atomic E-state index is 13.1. The van der Waals surface area contributed by atoms with Crippen LogP contribution in [0.25, 0.3) is 0 Å². The van der Waals surface area contributed by atoms with E-state index in [4.69, 9.17) is 10.6 Å². The number of β-lactam (4-membered cyclic amide) rings is 1. The predicted molar refractivity (Wildman–Crippen MR) is 165 cm³/mol. The Bertz CT molecular complexity index is 1740. The monoisotopic (exact) mass is 672 g/mol. The summed E-state index contributed by atoms with van der Waals surface area (Å²) in [5, 5.41) is 38.0. The molecule has 0 aliphatic carbocycles. The largest absolute Gasteiger partial charge is 0.504 e. The van der Waals surface area contributed by atoms with E-state index in [0.717, 1.165) is 16.2 Å². The van der Waals surface area contributed by atoms with Crippen LogP contribution in [0.3, 0.4) is 0 Å². The molecule has 3 amide bonds. The number of phenolic OH excluding ortho intramolecular Hbond substituents is 2. The number of nitrogens with one attached hydrogen (secondary N) is 1. The number of amides is 3. The molecule has 0 bridgehead atoms. The van der Waals surface area contributed by atoms with E-state index in [1.807, 2.05) is 0 Å². The van der Waals surface area contributed by atoms with Gasteiger partial charge in [0.25, 0.3) is 11.8 Å². The number of benzene rings is 1. The smallest absolute Gasteiger partial charge is 0.352 e. The number of nitrogens with two attached hydrogens (primary N) is 1. The Hall–Kier alpha value is -4.81. The van der Waals surface area contributed by atoms with Crippen molar-refractivity contribution in [3.05, 3.63) is 70.6 Å². The predicted octanol–water partition coefficient (Wildman–Crippen LogP) is 0.714. The molecule has 4 heterocycles. The molecule has 2 aromatic heterocycles. The van der Waals surface area contributed by atoms with Crippen LogP contribution in [-0.2, 0) is 19.2 Å². The summed E-state index contributed by atoms with van der Waals surface area (Å²) in [4.78, 5) is 61.9. The van der Waals surface area contributed by atoms with Gasteiger partial charge in [0.2, 0.25) is 12.4 Å². The minimum Gasteiger partial charge on any atom is -0.504 e. The first-order chi connectivity index (χ1) is 21.5. The molecular formula is C27H26N7O8S3+. The summed E-state index contributed by atoms with van der Waals surface area (Å²) in [6, 6.07) is 6.31. The van der Waals surface area contributed by atoms with Crippen molar-refractivity contribution in [3.63, 3.8) is 0 Å². The number of fused-ring (bicyclic) bond motifs is 1. The number of thiazole rings is 1. The van der Waals surface area contributed by atoms with E-state index in [-0.39, 0.29) is 39.3 Å². The first-order valence-electron chi connectivity index (χ1n) is 13.0. The standard InChI is InChI=1S/C27H25N7O8S3/c1-32(23(38)13-3-4-17(35)18(36)9-13)33-7-5-15(6-8-33)43-10-14-11-44-25-20(24(39)34(25)21(14)26(40)41)30-22(37)19(31-42-2)16-12-45-27(28)29-16/h3-9,12,20,25H,10-11H2,1-2H3,(H5-,28,29,30,31,35,36,37,38,40,41)/p+1/t20-,25-/m1/s1. The first kappa shape index (κ1) is 31.6. The zero-order valence-electron chi connectivity index (χ0n) is 23.6. The minimum absolute atomic E-state index is 0.117. The Morgan fingerprint density at radius 1 is 1.24 bits per heavy atom. The van der Waals surface area contributed by atoms with Gasteiger partial charge in [-0.15, -0.1) is 39.9 Å². The molecule has 0 saturated carbocycles. The van der Waals surface area contributed by atoms with Gasteiger partial charge in [0.15, 0.2) is 22.3 Å². The molecule has 234 valence electrons. The lowest BCUT2D eigenvalue weighted by Gasteiger charge is -2.49. The number of thioether (sulfide) groups is 2. The van der Waals surface area contributed by atoms with Crippen LogP contribution in [0.15, 0.2) is 69.4 Å². The third-order valence-corrected chi connectivity index (χ3v) is 9.87. The lowest BCUT2D eigenvalue weighted by atomic mass is 10.0. The number of anilines is 1. The first-order valence-corrected chi connectivity index (χ1v) is 15.9. The van der Waals surface area contributed by atoms with Gasteiger partial charge in [0, 0.05) is 39.5 Å². The number of rotatable bonds is 10. The average molecular weight is 673 g/mol. The number of oxime groups is 1. The Kier molecular flexibility index (Phi) is 9.16. The van der Waals surface area contributed by atoms with Gasteiger partial charge in [-0.25, -0.2) is 9.78 Å². The van der Waals surface area contributed by atoms with Gasteiger partial charge in [-0.2, -0.15) is 0 Å². The van der Waals surface area contributed by atoms with E-state index in [1.165, 1.54) is 68.8 Å². The molecule has 0 radical (unpaired) electrons. The van der Waals surface area contributed by atoms with E-state index >= 15 is 0 Å². The molecule has 2 aliphatic heterocycles. The average Bonchev–Trinajstić information content (AvgIpc) is 3.47. The van der Waals surface area contributed by atoms with Crippen molar-refractivity contribution in [2.75, 3.05) is 36.4 Å². The van der Waals surface area contributed by atoms with Gasteiger partial charge in [-0.3, -0.25) is 19.3 Å². The van der Waals surface area contributed by atoms with Gasteiger partial charge < -0.3 is 31.2 Å². The van der Waals surface area contributed by atoms with Gasteiger partial charge in [0.05, 0.1) is 7.05 Å². The fourth-order valence-corrected chi connectivity index (χ4v) is 7.43. The summed E-state index contributed by atoms with van der Waals surface area (Å²) < 4.78 is 1.53. The Morgan fingerprint density at radius 2 is 1.98 bits per heavy atom. The number of nitrogen functional groups attached to an aromatic ring is 1. The summed E-state index contributed by atoms with van der Waals surface area (Å²) in [6.07, 6.45) is 3.29. The molecule has 3 aromatic rings. The molecule has 5 rings (SSSR count). The van der Waals surface area contributed by atoms with E-state index in [0.29, 0.717) is 11.3 Å². The molecule has 2 aliphatic rings. The number of aliphatic carboxylic acids is 1. The van der Waals surface area contributed by atoms with Crippen molar-refractivity contribution in [2.24, 2.45) is 5.16 Å². The molecule has 15 nitrogen and oxygen atoms in total. The number of carbonyl (C=O) groups excluding carboxylic acids is 3. The van der Waals surface area contributed by atoms with E-state index in [2.05, 4.69) is 15.5 Å². The normalized spacial score (nSPS) is 17.8. The third kappa shape index (κ3) is 6.38. The number of carboxylic acid groups (broad SMARTS) is 1. The Balaban J connectivity index is 1.24. The van der Waals surface area contributed by atoms with E-state index < -0.39 is 40.9 Å². The van der Waals surface area contributed by atoms with Gasteiger partial charge >= 0.3 is 11.9 Å². The van der Waals surface area contributed by atoms with Gasteiger partial charge in [-0.05, 0) is 23.8 Å². The van der Waals surface area contributed by atoms with Crippen LogP contribution >= 0.6 is 34.9 Å². The Labute approximate surface area is 267 Å². The van der Waals surface area contributed by atoms with Crippen LogP contribution in [0.2, 0.25) is 0 Å². The van der Waals surface area contributed by atoms with Crippen LogP contribution < -0.4 is 20.7 Å². The van der Waals surface area contributed by atoms with Crippen molar-refractivity contribution in [3.8, 4) is 11.5 Å². The molecular weight excluding hydrogens is 647 g/mol. The molecule has 0 spiro atoms. The minimum atomic E-state index is -1.25. The second-order valence-corrected chi connectivity index (χ2v) is 12.6. The van der Waals surface area contributed by atoms with E-state index in [1.54, 1.807) is 31.6 Å². The van der Waals surface area contributed by atoms with Crippen molar-refractivity contribution in [1.29, 1.82) is 0 Å². The van der Waals surface area contributed by atoms with Crippen LogP contribution in [0.1, 0.15) is 16.1 Å². The number of aromatic nitrogens is 2. The summed E-state index contributed by atoms with van der Waals surface area (Å²) in [6.45, 7) is 0. The second kappa shape index (κ2) is 13.0. The van der Waals surface area contributed by atoms with Crippen molar-refractivity contribution < 1.29 is 44.0 Å². The second-order valence-electron chi connectivity index (χ2n) is 9.55. The summed E-state index contributed by atoms with van der Waals surface area (Å²) in [5.41, 5.74) is 6.29. The quantitative estimate of drug-likeness (QED) is 0.0504. The molecule has 0 unspecified atom stereocenters. The van der Waals surface area contributed by atoms with E-state index in [9.17, 15) is 34.5 Å².